The van der Waals surface area contributed by atoms with Gasteiger partial charge in [0.25, 0.3) is 0 Å². The van der Waals surface area contributed by atoms with Gasteiger partial charge in [-0.3, -0.25) is 9.59 Å². The summed E-state index contributed by atoms with van der Waals surface area (Å²) in [6, 6.07) is 17.8. The van der Waals surface area contributed by atoms with Crippen LogP contribution in [-0.2, 0) is 15.0 Å². The van der Waals surface area contributed by atoms with Gasteiger partial charge in [-0.25, -0.2) is 4.68 Å². The van der Waals surface area contributed by atoms with Gasteiger partial charge < -0.3 is 15.9 Å². The molecule has 156 valence electrons. The molecule has 3 aromatic rings. The molecule has 1 heterocycles. The summed E-state index contributed by atoms with van der Waals surface area (Å²) in [6.45, 7) is 4.72. The molecule has 7 heteroatoms. The maximum atomic E-state index is 12.5. The fraction of sp³-hybridized carbons (Fsp3) is 0.261. The lowest BCUT2D eigenvalue weighted by molar-refractivity contribution is -0.149. The number of hydrogen-bond acceptors (Lipinski definition) is 4. The minimum Gasteiger partial charge on any atom is -0.481 e. The number of nitrogens with zero attached hydrogens (tertiary/aromatic N) is 2. The molecule has 0 amide bonds. The van der Waals surface area contributed by atoms with Crippen molar-refractivity contribution in [3.05, 3.63) is 83.7 Å². The first kappa shape index (κ1) is 21.3. The van der Waals surface area contributed by atoms with Crippen molar-refractivity contribution < 1.29 is 19.8 Å². The Morgan fingerprint density at radius 2 is 1.60 bits per heavy atom. The summed E-state index contributed by atoms with van der Waals surface area (Å²) in [5, 5.41) is 24.7. The number of benzene rings is 2. The number of rotatable bonds is 7. The molecule has 4 N–H and O–H groups in total. The third kappa shape index (κ3) is 3.37. The van der Waals surface area contributed by atoms with Crippen LogP contribution in [0.15, 0.2) is 66.9 Å². The van der Waals surface area contributed by atoms with Crippen LogP contribution < -0.4 is 5.73 Å². The predicted molar refractivity (Wildman–Crippen MR) is 113 cm³/mol. The highest BCUT2D eigenvalue weighted by Gasteiger charge is 2.57. The van der Waals surface area contributed by atoms with Gasteiger partial charge in [-0.05, 0) is 50.1 Å². The van der Waals surface area contributed by atoms with E-state index in [-0.39, 0.29) is 5.69 Å². The molecule has 0 saturated carbocycles. The first-order valence-electron chi connectivity index (χ1n) is 9.53. The second-order valence-corrected chi connectivity index (χ2v) is 7.82. The second kappa shape index (κ2) is 7.76. The van der Waals surface area contributed by atoms with Crippen LogP contribution in [0, 0.1) is 6.92 Å². The minimum atomic E-state index is -1.70. The van der Waals surface area contributed by atoms with E-state index in [2.05, 4.69) is 5.10 Å². The van der Waals surface area contributed by atoms with E-state index >= 15 is 0 Å². The molecule has 0 fully saturated rings. The van der Waals surface area contributed by atoms with Gasteiger partial charge in [-0.1, -0.05) is 42.5 Å². The highest BCUT2D eigenvalue weighted by molar-refractivity contribution is 5.87. The molecule has 1 aromatic heterocycles. The van der Waals surface area contributed by atoms with Crippen LogP contribution in [0.4, 0.5) is 0 Å². The van der Waals surface area contributed by atoms with Gasteiger partial charge >= 0.3 is 11.9 Å². The molecule has 3 unspecified atom stereocenters. The molecule has 0 aliphatic heterocycles. The topological polar surface area (TPSA) is 118 Å². The lowest BCUT2D eigenvalue weighted by Gasteiger charge is -2.44. The number of para-hydroxylation sites is 1. The number of nitrogens with two attached hydrogens (primary N) is 1. The highest BCUT2D eigenvalue weighted by Crippen LogP contribution is 2.43. The first-order valence-corrected chi connectivity index (χ1v) is 9.53. The lowest BCUT2D eigenvalue weighted by Crippen LogP contribution is -2.63. The van der Waals surface area contributed by atoms with E-state index in [0.717, 1.165) is 11.3 Å². The van der Waals surface area contributed by atoms with Crippen molar-refractivity contribution in [3.8, 4) is 5.69 Å². The Morgan fingerprint density at radius 3 is 2.17 bits per heavy atom. The van der Waals surface area contributed by atoms with Gasteiger partial charge in [0.05, 0.1) is 16.9 Å². The number of carboxylic acid groups (broad SMARTS) is 2. The smallest absolute Gasteiger partial charge is 0.315 e. The Morgan fingerprint density at radius 1 is 1.00 bits per heavy atom. The molecule has 3 atom stereocenters. The van der Waals surface area contributed by atoms with Crippen molar-refractivity contribution in [3.63, 3.8) is 0 Å². The third-order valence-corrected chi connectivity index (χ3v) is 5.96. The average Bonchev–Trinajstić information content (AvgIpc) is 3.17. The molecule has 7 nitrogen and oxygen atoms in total. The van der Waals surface area contributed by atoms with Crippen molar-refractivity contribution in [2.75, 3.05) is 0 Å². The average molecular weight is 407 g/mol. The molecule has 0 bridgehead atoms. The zero-order valence-corrected chi connectivity index (χ0v) is 17.1. The standard InChI is InChI=1S/C23H25N3O4/c1-15-9-7-8-12-17(15)22(2,21(29)30)23(3,24)19(20(27)28)18-13-14-26(25-18)16-10-5-4-6-11-16/h4-14,19H,24H2,1-3H3,(H,27,28)(H,29,30). The summed E-state index contributed by atoms with van der Waals surface area (Å²) in [5.74, 6) is -3.79. The fourth-order valence-corrected chi connectivity index (χ4v) is 3.97. The second-order valence-electron chi connectivity index (χ2n) is 7.82. The van der Waals surface area contributed by atoms with Crippen molar-refractivity contribution in [2.45, 2.75) is 37.6 Å². The van der Waals surface area contributed by atoms with Gasteiger partial charge in [0.1, 0.15) is 11.3 Å². The summed E-state index contributed by atoms with van der Waals surface area (Å²) in [4.78, 5) is 24.9. The zero-order valence-electron chi connectivity index (χ0n) is 17.1. The monoisotopic (exact) mass is 407 g/mol. The largest absolute Gasteiger partial charge is 0.481 e. The van der Waals surface area contributed by atoms with Crippen molar-refractivity contribution >= 4 is 11.9 Å². The molecule has 30 heavy (non-hydrogen) atoms. The molecule has 3 rings (SSSR count). The molecule has 0 radical (unpaired) electrons. The number of aryl methyl sites for hydroxylation is 1. The predicted octanol–water partition coefficient (Wildman–Crippen LogP) is 3.11. The van der Waals surface area contributed by atoms with E-state index in [4.69, 9.17) is 5.73 Å². The Labute approximate surface area is 174 Å². The number of carbonyl (C=O) groups is 2. The van der Waals surface area contributed by atoms with Crippen LogP contribution >= 0.6 is 0 Å². The summed E-state index contributed by atoms with van der Waals surface area (Å²) >= 11 is 0. The highest BCUT2D eigenvalue weighted by atomic mass is 16.4. The van der Waals surface area contributed by atoms with Crippen molar-refractivity contribution in [2.24, 2.45) is 5.73 Å². The van der Waals surface area contributed by atoms with E-state index in [0.29, 0.717) is 5.56 Å². The lowest BCUT2D eigenvalue weighted by atomic mass is 9.60. The normalized spacial score (nSPS) is 16.3. The van der Waals surface area contributed by atoms with E-state index in [1.807, 2.05) is 30.3 Å². The third-order valence-electron chi connectivity index (χ3n) is 5.96. The number of aromatic nitrogens is 2. The fourth-order valence-electron chi connectivity index (χ4n) is 3.97. The molecule has 2 aromatic carbocycles. The van der Waals surface area contributed by atoms with E-state index < -0.39 is 28.8 Å². The Bertz CT molecular complexity index is 1070. The summed E-state index contributed by atoms with van der Waals surface area (Å²) < 4.78 is 1.55. The quantitative estimate of drug-likeness (QED) is 0.554. The molecule has 0 aliphatic rings. The Balaban J connectivity index is 2.15. The molecular formula is C23H25N3O4. The van der Waals surface area contributed by atoms with Gasteiger partial charge in [0.15, 0.2) is 0 Å². The van der Waals surface area contributed by atoms with Crippen LogP contribution in [0.3, 0.4) is 0 Å². The first-order chi connectivity index (χ1) is 14.1. The summed E-state index contributed by atoms with van der Waals surface area (Å²) in [5.41, 5.74) is 5.36. The van der Waals surface area contributed by atoms with Gasteiger partial charge in [-0.2, -0.15) is 5.10 Å². The Hall–Kier alpha value is -3.45. The van der Waals surface area contributed by atoms with Gasteiger partial charge in [-0.15, -0.1) is 0 Å². The van der Waals surface area contributed by atoms with Crippen molar-refractivity contribution in [1.29, 1.82) is 0 Å². The van der Waals surface area contributed by atoms with Crippen LogP contribution in [0.2, 0.25) is 0 Å². The molecule has 0 aliphatic carbocycles. The van der Waals surface area contributed by atoms with Crippen LogP contribution in [-0.4, -0.2) is 37.5 Å². The number of aliphatic carboxylic acids is 2. The molecule has 0 spiro atoms. The molecular weight excluding hydrogens is 382 g/mol. The van der Waals surface area contributed by atoms with Crippen LogP contribution in [0.25, 0.3) is 5.69 Å². The maximum absolute atomic E-state index is 12.5. The zero-order chi connectivity index (χ0) is 22.1. The van der Waals surface area contributed by atoms with Crippen LogP contribution in [0.1, 0.15) is 36.6 Å². The SMILES string of the molecule is Cc1ccccc1C(C)(C(=O)O)C(C)(N)C(C(=O)O)c1ccn(-c2ccccc2)n1. The van der Waals surface area contributed by atoms with E-state index in [1.54, 1.807) is 48.1 Å². The van der Waals surface area contributed by atoms with Gasteiger partial charge in [0, 0.05) is 6.20 Å². The van der Waals surface area contributed by atoms with Gasteiger partial charge in [0.2, 0.25) is 0 Å². The maximum Gasteiger partial charge on any atom is 0.315 e. The number of hydrogen-bond donors (Lipinski definition) is 3. The Kier molecular flexibility index (Phi) is 5.50. The van der Waals surface area contributed by atoms with Crippen LogP contribution in [0.5, 0.6) is 0 Å². The van der Waals surface area contributed by atoms with Crippen molar-refractivity contribution in [1.82, 2.24) is 9.78 Å². The minimum absolute atomic E-state index is 0.192. The summed E-state index contributed by atoms with van der Waals surface area (Å²) in [6.07, 6.45) is 1.64. The van der Waals surface area contributed by atoms with E-state index in [9.17, 15) is 19.8 Å². The summed E-state index contributed by atoms with van der Waals surface area (Å²) in [7, 11) is 0. The number of carboxylic acids is 2. The van der Waals surface area contributed by atoms with E-state index in [1.165, 1.54) is 13.8 Å². The molecule has 0 saturated heterocycles.